The number of hydrogen-bond acceptors (Lipinski definition) is 4. The Kier molecular flexibility index (Phi) is 2.89. The third-order valence-electron chi connectivity index (χ3n) is 2.56. The first-order valence-corrected chi connectivity index (χ1v) is 5.23. The van der Waals surface area contributed by atoms with Crippen molar-refractivity contribution in [3.05, 3.63) is 45.6 Å². The smallest absolute Gasteiger partial charge is 0.331 e. The summed E-state index contributed by atoms with van der Waals surface area (Å²) in [5.74, 6) is -1.19. The first-order valence-electron chi connectivity index (χ1n) is 5.23. The number of nitrogen functional groups attached to an aromatic ring is 1. The van der Waals surface area contributed by atoms with Crippen molar-refractivity contribution in [2.75, 3.05) is 5.73 Å². The number of benzene rings is 1. The third-order valence-corrected chi connectivity index (χ3v) is 2.56. The minimum Gasteiger partial charge on any atom is -0.478 e. The average Bonchev–Trinajstić information content (AvgIpc) is 2.34. The summed E-state index contributed by atoms with van der Waals surface area (Å²) in [4.78, 5) is 22.9. The van der Waals surface area contributed by atoms with Crippen LogP contribution in [-0.4, -0.2) is 11.1 Å². The molecule has 0 aliphatic heterocycles. The monoisotopic (exact) mass is 245 g/mol. The second-order valence-corrected chi connectivity index (χ2v) is 3.84. The van der Waals surface area contributed by atoms with Crippen molar-refractivity contribution in [1.29, 1.82) is 0 Å². The maximum Gasteiger partial charge on any atom is 0.331 e. The van der Waals surface area contributed by atoms with Gasteiger partial charge in [0.15, 0.2) is 0 Å². The Morgan fingerprint density at radius 3 is 2.72 bits per heavy atom. The lowest BCUT2D eigenvalue weighted by Crippen LogP contribution is -2.10. The van der Waals surface area contributed by atoms with Crippen molar-refractivity contribution in [1.82, 2.24) is 0 Å². The molecule has 0 unspecified atom stereocenters. The summed E-state index contributed by atoms with van der Waals surface area (Å²) >= 11 is 0. The van der Waals surface area contributed by atoms with Gasteiger partial charge in [-0.1, -0.05) is 12.1 Å². The third kappa shape index (κ3) is 1.98. The Balaban J connectivity index is 2.77. The first-order chi connectivity index (χ1) is 8.50. The van der Waals surface area contributed by atoms with Gasteiger partial charge in [0.05, 0.1) is 10.9 Å². The molecule has 0 saturated carbocycles. The second-order valence-electron chi connectivity index (χ2n) is 3.84. The number of carbonyl (C=O) groups is 1. The van der Waals surface area contributed by atoms with Gasteiger partial charge in [-0.05, 0) is 25.1 Å². The molecule has 3 N–H and O–H groups in total. The van der Waals surface area contributed by atoms with Crippen LogP contribution in [-0.2, 0) is 4.79 Å². The van der Waals surface area contributed by atoms with Gasteiger partial charge in [0.2, 0.25) is 11.3 Å². The summed E-state index contributed by atoms with van der Waals surface area (Å²) in [6.45, 7) is 1.39. The van der Waals surface area contributed by atoms with E-state index in [1.807, 2.05) is 0 Å². The van der Waals surface area contributed by atoms with E-state index in [9.17, 15) is 9.59 Å². The number of nitrogens with two attached hydrogens (primary N) is 1. The highest BCUT2D eigenvalue weighted by molar-refractivity contribution is 5.93. The lowest BCUT2D eigenvalue weighted by atomic mass is 10.1. The quantitative estimate of drug-likeness (QED) is 0.787. The number of rotatable bonds is 2. The number of anilines is 1. The molecule has 18 heavy (non-hydrogen) atoms. The molecule has 1 aromatic heterocycles. The van der Waals surface area contributed by atoms with Crippen molar-refractivity contribution in [2.24, 2.45) is 0 Å². The maximum absolute atomic E-state index is 12.1. The zero-order valence-electron chi connectivity index (χ0n) is 9.64. The lowest BCUT2D eigenvalue weighted by Gasteiger charge is -2.03. The van der Waals surface area contributed by atoms with Gasteiger partial charge in [-0.3, -0.25) is 4.79 Å². The van der Waals surface area contributed by atoms with Crippen LogP contribution in [0.4, 0.5) is 5.88 Å². The molecule has 2 rings (SSSR count). The summed E-state index contributed by atoms with van der Waals surface area (Å²) in [7, 11) is 0. The molecule has 0 radical (unpaired) electrons. The van der Waals surface area contributed by atoms with Gasteiger partial charge in [-0.25, -0.2) is 4.79 Å². The average molecular weight is 245 g/mol. The standard InChI is InChI=1S/C13H11NO4/c1-7(13(16)17)6-9-11(15)8-4-2-3-5-10(8)18-12(9)14/h2-6H,14H2,1H3,(H,16,17)/b7-6+. The maximum atomic E-state index is 12.1. The molecule has 2 aromatic rings. The molecule has 0 bridgehead atoms. The number of aliphatic carboxylic acids is 1. The molecule has 0 spiro atoms. The first kappa shape index (κ1) is 11.9. The normalized spacial score (nSPS) is 11.7. The van der Waals surface area contributed by atoms with E-state index in [-0.39, 0.29) is 22.4 Å². The highest BCUT2D eigenvalue weighted by Gasteiger charge is 2.11. The van der Waals surface area contributed by atoms with Crippen molar-refractivity contribution in [3.8, 4) is 0 Å². The molecular formula is C13H11NO4. The van der Waals surface area contributed by atoms with Gasteiger partial charge in [0.1, 0.15) is 5.58 Å². The van der Waals surface area contributed by atoms with E-state index in [2.05, 4.69) is 0 Å². The van der Waals surface area contributed by atoms with Crippen molar-refractivity contribution < 1.29 is 14.3 Å². The predicted molar refractivity (Wildman–Crippen MR) is 68.2 cm³/mol. The van der Waals surface area contributed by atoms with Crippen molar-refractivity contribution in [2.45, 2.75) is 6.92 Å². The molecule has 5 heteroatoms. The summed E-state index contributed by atoms with van der Waals surface area (Å²) in [5.41, 5.74) is 5.75. The fraction of sp³-hybridized carbons (Fsp3) is 0.0769. The molecule has 0 amide bonds. The number of hydrogen-bond donors (Lipinski definition) is 2. The van der Waals surface area contributed by atoms with E-state index in [0.717, 1.165) is 0 Å². The number of carboxylic acids is 1. The van der Waals surface area contributed by atoms with Crippen molar-refractivity contribution >= 4 is 28.9 Å². The Bertz CT molecular complexity index is 712. The molecule has 92 valence electrons. The van der Waals surface area contributed by atoms with Crippen LogP contribution in [0.3, 0.4) is 0 Å². The molecular weight excluding hydrogens is 234 g/mol. The Labute approximate surface area is 102 Å². The van der Waals surface area contributed by atoms with E-state index < -0.39 is 5.97 Å². The van der Waals surface area contributed by atoms with Crippen molar-refractivity contribution in [3.63, 3.8) is 0 Å². The van der Waals surface area contributed by atoms with Crippen LogP contribution in [0.15, 0.2) is 39.1 Å². The fourth-order valence-corrected chi connectivity index (χ4v) is 1.59. The van der Waals surface area contributed by atoms with Crippen LogP contribution in [0.1, 0.15) is 12.5 Å². The zero-order chi connectivity index (χ0) is 13.3. The number of fused-ring (bicyclic) bond motifs is 1. The Hall–Kier alpha value is -2.56. The van der Waals surface area contributed by atoms with Crippen LogP contribution in [0.25, 0.3) is 17.0 Å². The molecule has 1 aromatic carbocycles. The van der Waals surface area contributed by atoms with Crippen LogP contribution in [0.5, 0.6) is 0 Å². The van der Waals surface area contributed by atoms with E-state index in [0.29, 0.717) is 11.0 Å². The van der Waals surface area contributed by atoms with E-state index in [4.69, 9.17) is 15.3 Å². The van der Waals surface area contributed by atoms with Gasteiger partial charge < -0.3 is 15.3 Å². The van der Waals surface area contributed by atoms with Crippen LogP contribution in [0, 0.1) is 0 Å². The van der Waals surface area contributed by atoms with E-state index >= 15 is 0 Å². The topological polar surface area (TPSA) is 93.5 Å². The minimum atomic E-state index is -1.11. The Morgan fingerprint density at radius 2 is 2.06 bits per heavy atom. The lowest BCUT2D eigenvalue weighted by molar-refractivity contribution is -0.132. The molecule has 0 aliphatic rings. The predicted octanol–water partition coefficient (Wildman–Crippen LogP) is 1.86. The minimum absolute atomic E-state index is 0.0179. The Morgan fingerprint density at radius 1 is 1.39 bits per heavy atom. The number of para-hydroxylation sites is 1. The van der Waals surface area contributed by atoms with Crippen LogP contribution >= 0.6 is 0 Å². The molecule has 0 atom stereocenters. The SMILES string of the molecule is C/C(=C\c1c(N)oc2ccccc2c1=O)C(=O)O. The molecule has 0 aliphatic carbocycles. The summed E-state index contributed by atoms with van der Waals surface area (Å²) in [6.07, 6.45) is 1.22. The molecule has 5 nitrogen and oxygen atoms in total. The van der Waals surface area contributed by atoms with E-state index in [1.54, 1.807) is 24.3 Å². The summed E-state index contributed by atoms with van der Waals surface area (Å²) < 4.78 is 5.29. The van der Waals surface area contributed by atoms with Crippen LogP contribution in [0.2, 0.25) is 0 Å². The van der Waals surface area contributed by atoms with Gasteiger partial charge in [0, 0.05) is 5.57 Å². The van der Waals surface area contributed by atoms with Crippen LogP contribution < -0.4 is 11.2 Å². The van der Waals surface area contributed by atoms with E-state index in [1.165, 1.54) is 13.0 Å². The highest BCUT2D eigenvalue weighted by Crippen LogP contribution is 2.19. The highest BCUT2D eigenvalue weighted by atomic mass is 16.4. The molecule has 0 fully saturated rings. The zero-order valence-corrected chi connectivity index (χ0v) is 9.64. The number of carboxylic acid groups (broad SMARTS) is 1. The van der Waals surface area contributed by atoms with Gasteiger partial charge >= 0.3 is 5.97 Å². The summed E-state index contributed by atoms with van der Waals surface area (Å²) in [6, 6.07) is 6.66. The summed E-state index contributed by atoms with van der Waals surface area (Å²) in [5, 5.41) is 9.17. The second kappa shape index (κ2) is 4.37. The molecule has 1 heterocycles. The molecule has 0 saturated heterocycles. The van der Waals surface area contributed by atoms with Gasteiger partial charge in [-0.15, -0.1) is 0 Å². The largest absolute Gasteiger partial charge is 0.478 e. The van der Waals surface area contributed by atoms with Gasteiger partial charge in [0.25, 0.3) is 0 Å². The van der Waals surface area contributed by atoms with Gasteiger partial charge in [-0.2, -0.15) is 0 Å². The fourth-order valence-electron chi connectivity index (χ4n) is 1.59.